The number of aliphatic carboxylic acids is 1. The zero-order chi connectivity index (χ0) is 11.3. The highest BCUT2D eigenvalue weighted by Crippen LogP contribution is 2.17. The van der Waals surface area contributed by atoms with Crippen molar-refractivity contribution < 1.29 is 14.7 Å². The summed E-state index contributed by atoms with van der Waals surface area (Å²) < 4.78 is 0. The zero-order valence-electron chi connectivity index (χ0n) is 8.95. The third-order valence-corrected chi connectivity index (χ3v) is 2.72. The molecule has 0 heterocycles. The highest BCUT2D eigenvalue weighted by Gasteiger charge is 2.19. The Morgan fingerprint density at radius 2 is 2.13 bits per heavy atom. The van der Waals surface area contributed by atoms with Gasteiger partial charge in [-0.15, -0.1) is 0 Å². The summed E-state index contributed by atoms with van der Waals surface area (Å²) >= 11 is 0. The minimum atomic E-state index is -0.823. The number of amides is 2. The van der Waals surface area contributed by atoms with E-state index in [1.807, 2.05) is 0 Å². The quantitative estimate of drug-likeness (QED) is 0.637. The molecule has 86 valence electrons. The Balaban J connectivity index is 2.03. The number of carboxylic acid groups (broad SMARTS) is 1. The van der Waals surface area contributed by atoms with E-state index in [2.05, 4.69) is 10.6 Å². The van der Waals surface area contributed by atoms with Crippen molar-refractivity contribution in [3.05, 3.63) is 0 Å². The molecule has 1 unspecified atom stereocenters. The first kappa shape index (κ1) is 11.8. The number of urea groups is 1. The molecule has 1 fully saturated rings. The summed E-state index contributed by atoms with van der Waals surface area (Å²) in [6, 6.07) is 0.138. The molecule has 15 heavy (non-hydrogen) atoms. The average Bonchev–Trinajstić information content (AvgIpc) is 2.11. The van der Waals surface area contributed by atoms with Crippen molar-refractivity contribution in [1.82, 2.24) is 10.6 Å². The van der Waals surface area contributed by atoms with Gasteiger partial charge in [0.2, 0.25) is 0 Å². The topological polar surface area (TPSA) is 78.4 Å². The molecule has 2 amide bonds. The Bertz CT molecular complexity index is 239. The summed E-state index contributed by atoms with van der Waals surface area (Å²) in [5.41, 5.74) is 0. The molecular weight excluding hydrogens is 196 g/mol. The Morgan fingerprint density at radius 1 is 1.47 bits per heavy atom. The van der Waals surface area contributed by atoms with Gasteiger partial charge >= 0.3 is 12.0 Å². The minimum absolute atomic E-state index is 0.183. The van der Waals surface area contributed by atoms with Gasteiger partial charge < -0.3 is 15.7 Å². The summed E-state index contributed by atoms with van der Waals surface area (Å²) in [6.45, 7) is 2.04. The van der Waals surface area contributed by atoms with Crippen LogP contribution in [0.5, 0.6) is 0 Å². The molecular formula is C10H18N2O3. The van der Waals surface area contributed by atoms with E-state index < -0.39 is 11.9 Å². The number of nitrogens with one attached hydrogen (secondary N) is 2. The molecule has 3 N–H and O–H groups in total. The third kappa shape index (κ3) is 4.18. The first-order valence-electron chi connectivity index (χ1n) is 5.36. The predicted molar refractivity (Wildman–Crippen MR) is 55.6 cm³/mol. The number of hydrogen-bond acceptors (Lipinski definition) is 2. The van der Waals surface area contributed by atoms with E-state index in [1.165, 1.54) is 6.42 Å². The van der Waals surface area contributed by atoms with E-state index in [1.54, 1.807) is 6.92 Å². The van der Waals surface area contributed by atoms with Crippen LogP contribution in [0.3, 0.4) is 0 Å². The fourth-order valence-corrected chi connectivity index (χ4v) is 1.31. The van der Waals surface area contributed by atoms with E-state index in [-0.39, 0.29) is 6.03 Å². The summed E-state index contributed by atoms with van der Waals surface area (Å²) in [4.78, 5) is 21.7. The molecule has 5 heteroatoms. The maximum absolute atomic E-state index is 11.2. The Kier molecular flexibility index (Phi) is 4.39. The van der Waals surface area contributed by atoms with E-state index in [0.29, 0.717) is 19.0 Å². The lowest BCUT2D eigenvalue weighted by atomic mass is 9.93. The highest BCUT2D eigenvalue weighted by molar-refractivity contribution is 5.74. The molecule has 0 aliphatic heterocycles. The standard InChI is InChI=1S/C10H18N2O3/c1-7(9(13)14)5-6-11-10(15)12-8-3-2-4-8/h7-8H,2-6H2,1H3,(H,13,14)(H2,11,12,15). The third-order valence-electron chi connectivity index (χ3n) is 2.72. The van der Waals surface area contributed by atoms with Crippen molar-refractivity contribution in [3.8, 4) is 0 Å². The average molecular weight is 214 g/mol. The van der Waals surface area contributed by atoms with Gasteiger partial charge in [0.1, 0.15) is 0 Å². The van der Waals surface area contributed by atoms with Gasteiger partial charge in [-0.2, -0.15) is 0 Å². The summed E-state index contributed by atoms with van der Waals surface area (Å²) in [5.74, 6) is -1.23. The number of carbonyl (C=O) groups is 2. The first-order valence-corrected chi connectivity index (χ1v) is 5.36. The maximum atomic E-state index is 11.2. The highest BCUT2D eigenvalue weighted by atomic mass is 16.4. The Labute approximate surface area is 89.2 Å². The van der Waals surface area contributed by atoms with Gasteiger partial charge in [0.15, 0.2) is 0 Å². The van der Waals surface area contributed by atoms with E-state index in [9.17, 15) is 9.59 Å². The Morgan fingerprint density at radius 3 is 2.60 bits per heavy atom. The predicted octanol–water partition coefficient (Wildman–Crippen LogP) is 0.949. The maximum Gasteiger partial charge on any atom is 0.315 e. The fraction of sp³-hybridized carbons (Fsp3) is 0.800. The van der Waals surface area contributed by atoms with Crippen LogP contribution in [0.25, 0.3) is 0 Å². The molecule has 0 aromatic heterocycles. The molecule has 1 saturated carbocycles. The van der Waals surface area contributed by atoms with Gasteiger partial charge in [0.25, 0.3) is 0 Å². The molecule has 0 aromatic carbocycles. The Hall–Kier alpha value is -1.26. The normalized spacial score (nSPS) is 17.7. The van der Waals surface area contributed by atoms with Gasteiger partial charge in [-0.25, -0.2) is 4.79 Å². The molecule has 5 nitrogen and oxygen atoms in total. The van der Waals surface area contributed by atoms with Crippen LogP contribution < -0.4 is 10.6 Å². The van der Waals surface area contributed by atoms with E-state index >= 15 is 0 Å². The van der Waals surface area contributed by atoms with Crippen LogP contribution in [0, 0.1) is 5.92 Å². The van der Waals surface area contributed by atoms with Crippen molar-refractivity contribution in [1.29, 1.82) is 0 Å². The van der Waals surface area contributed by atoms with Gasteiger partial charge in [-0.1, -0.05) is 6.92 Å². The van der Waals surface area contributed by atoms with Crippen LogP contribution >= 0.6 is 0 Å². The molecule has 0 aromatic rings. The first-order chi connectivity index (χ1) is 7.09. The summed E-state index contributed by atoms with van der Waals surface area (Å²) in [5, 5.41) is 14.1. The smallest absolute Gasteiger partial charge is 0.315 e. The van der Waals surface area contributed by atoms with Crippen LogP contribution in [0.4, 0.5) is 4.79 Å². The molecule has 0 radical (unpaired) electrons. The summed E-state index contributed by atoms with van der Waals surface area (Å²) in [7, 11) is 0. The van der Waals surface area contributed by atoms with Gasteiger partial charge in [0.05, 0.1) is 5.92 Å². The van der Waals surface area contributed by atoms with E-state index in [4.69, 9.17) is 5.11 Å². The lowest BCUT2D eigenvalue weighted by Gasteiger charge is -2.26. The summed E-state index contributed by atoms with van der Waals surface area (Å²) in [6.07, 6.45) is 3.76. The van der Waals surface area contributed by atoms with Crippen LogP contribution in [-0.2, 0) is 4.79 Å². The molecule has 1 aliphatic carbocycles. The monoisotopic (exact) mass is 214 g/mol. The van der Waals surface area contributed by atoms with Crippen molar-refractivity contribution in [3.63, 3.8) is 0 Å². The second-order valence-corrected chi connectivity index (χ2v) is 4.06. The molecule has 1 aliphatic rings. The van der Waals surface area contributed by atoms with Crippen molar-refractivity contribution in [2.24, 2.45) is 5.92 Å². The molecule has 0 saturated heterocycles. The molecule has 0 spiro atoms. The fourth-order valence-electron chi connectivity index (χ4n) is 1.31. The molecule has 1 rings (SSSR count). The zero-order valence-corrected chi connectivity index (χ0v) is 8.95. The number of hydrogen-bond donors (Lipinski definition) is 3. The van der Waals surface area contributed by atoms with Crippen LogP contribution in [0.1, 0.15) is 32.6 Å². The largest absolute Gasteiger partial charge is 0.481 e. The van der Waals surface area contributed by atoms with Gasteiger partial charge in [-0.05, 0) is 25.7 Å². The second-order valence-electron chi connectivity index (χ2n) is 4.06. The van der Waals surface area contributed by atoms with Crippen molar-refractivity contribution in [2.75, 3.05) is 6.54 Å². The SMILES string of the molecule is CC(CCNC(=O)NC1CCC1)C(=O)O. The van der Waals surface area contributed by atoms with Crippen LogP contribution in [0.15, 0.2) is 0 Å². The van der Waals surface area contributed by atoms with Crippen LogP contribution in [0.2, 0.25) is 0 Å². The number of carboxylic acids is 1. The lowest BCUT2D eigenvalue weighted by molar-refractivity contribution is -0.141. The lowest BCUT2D eigenvalue weighted by Crippen LogP contribution is -2.45. The second kappa shape index (κ2) is 5.58. The van der Waals surface area contributed by atoms with Crippen molar-refractivity contribution in [2.45, 2.75) is 38.6 Å². The van der Waals surface area contributed by atoms with Gasteiger partial charge in [-0.3, -0.25) is 4.79 Å². The van der Waals surface area contributed by atoms with Crippen molar-refractivity contribution >= 4 is 12.0 Å². The number of rotatable bonds is 5. The van der Waals surface area contributed by atoms with E-state index in [0.717, 1.165) is 12.8 Å². The molecule has 1 atom stereocenters. The molecule has 0 bridgehead atoms. The van der Waals surface area contributed by atoms with Gasteiger partial charge in [0, 0.05) is 12.6 Å². The minimum Gasteiger partial charge on any atom is -0.481 e. The number of carbonyl (C=O) groups excluding carboxylic acids is 1. The van der Waals surface area contributed by atoms with Crippen LogP contribution in [-0.4, -0.2) is 29.7 Å².